The van der Waals surface area contributed by atoms with Crippen LogP contribution in [0.5, 0.6) is 0 Å². The van der Waals surface area contributed by atoms with Crippen LogP contribution < -0.4 is 0 Å². The summed E-state index contributed by atoms with van der Waals surface area (Å²) >= 11 is 0. The van der Waals surface area contributed by atoms with Crippen molar-refractivity contribution in [1.29, 1.82) is 5.26 Å². The zero-order valence-corrected chi connectivity index (χ0v) is 11.3. The summed E-state index contributed by atoms with van der Waals surface area (Å²) in [6, 6.07) is 7.64. The minimum atomic E-state index is -1.03. The quantitative estimate of drug-likeness (QED) is 0.506. The highest BCUT2D eigenvalue weighted by molar-refractivity contribution is 5.98. The molecular formula is C15H15NO4. The number of nitriles is 1. The second-order valence-corrected chi connectivity index (χ2v) is 4.59. The fourth-order valence-electron chi connectivity index (χ4n) is 1.35. The second kappa shape index (κ2) is 7.10. The maximum absolute atomic E-state index is 11.7. The lowest BCUT2D eigenvalue weighted by molar-refractivity contribution is -0.139. The third-order valence-electron chi connectivity index (χ3n) is 2.36. The van der Waals surface area contributed by atoms with E-state index in [1.807, 2.05) is 13.8 Å². The highest BCUT2D eigenvalue weighted by Crippen LogP contribution is 2.10. The van der Waals surface area contributed by atoms with Crippen molar-refractivity contribution in [1.82, 2.24) is 0 Å². The number of ether oxygens (including phenoxy) is 1. The van der Waals surface area contributed by atoms with E-state index < -0.39 is 11.9 Å². The first-order valence-corrected chi connectivity index (χ1v) is 6.06. The summed E-state index contributed by atoms with van der Waals surface area (Å²) in [6.45, 7) is 4.04. The maximum Gasteiger partial charge on any atom is 0.348 e. The van der Waals surface area contributed by atoms with Crippen molar-refractivity contribution in [3.8, 4) is 6.07 Å². The molecule has 0 saturated heterocycles. The lowest BCUT2D eigenvalue weighted by atomic mass is 10.1. The van der Waals surface area contributed by atoms with Gasteiger partial charge in [0.25, 0.3) is 0 Å². The maximum atomic E-state index is 11.7. The summed E-state index contributed by atoms with van der Waals surface area (Å²) < 4.78 is 4.97. The van der Waals surface area contributed by atoms with Crippen molar-refractivity contribution in [2.24, 2.45) is 5.92 Å². The molecule has 0 fully saturated rings. The smallest absolute Gasteiger partial charge is 0.348 e. The summed E-state index contributed by atoms with van der Waals surface area (Å²) in [6.07, 6.45) is 1.37. The normalized spacial score (nSPS) is 11.0. The Labute approximate surface area is 117 Å². The number of aromatic carboxylic acids is 1. The van der Waals surface area contributed by atoms with Gasteiger partial charge in [0.15, 0.2) is 0 Å². The van der Waals surface area contributed by atoms with Gasteiger partial charge < -0.3 is 9.84 Å². The molecule has 0 aliphatic rings. The summed E-state index contributed by atoms with van der Waals surface area (Å²) in [7, 11) is 0. The molecule has 0 heterocycles. The van der Waals surface area contributed by atoms with Gasteiger partial charge >= 0.3 is 11.9 Å². The number of nitrogens with zero attached hydrogens (tertiary/aromatic N) is 1. The SMILES string of the molecule is CC(C)COC(=O)C(C#N)=Cc1ccc(C(=O)O)cc1. The molecule has 20 heavy (non-hydrogen) atoms. The van der Waals surface area contributed by atoms with Crippen molar-refractivity contribution < 1.29 is 19.4 Å². The van der Waals surface area contributed by atoms with E-state index in [-0.39, 0.29) is 23.7 Å². The molecule has 1 aromatic rings. The number of benzene rings is 1. The molecule has 0 atom stereocenters. The molecule has 0 aliphatic carbocycles. The van der Waals surface area contributed by atoms with Crippen LogP contribution in [0.25, 0.3) is 6.08 Å². The van der Waals surface area contributed by atoms with Crippen molar-refractivity contribution >= 4 is 18.0 Å². The Bertz CT molecular complexity index is 565. The highest BCUT2D eigenvalue weighted by Gasteiger charge is 2.11. The zero-order valence-electron chi connectivity index (χ0n) is 11.3. The van der Waals surface area contributed by atoms with E-state index in [4.69, 9.17) is 15.1 Å². The lowest BCUT2D eigenvalue weighted by Gasteiger charge is -2.06. The number of carbonyl (C=O) groups excluding carboxylic acids is 1. The van der Waals surface area contributed by atoms with Gasteiger partial charge in [-0.1, -0.05) is 26.0 Å². The zero-order chi connectivity index (χ0) is 15.1. The van der Waals surface area contributed by atoms with Gasteiger partial charge in [0.05, 0.1) is 12.2 Å². The fraction of sp³-hybridized carbons (Fsp3) is 0.267. The molecule has 0 saturated carbocycles. The number of carboxylic acids is 1. The molecule has 5 heteroatoms. The summed E-state index contributed by atoms with van der Waals surface area (Å²) in [5.41, 5.74) is 0.588. The largest absolute Gasteiger partial charge is 0.478 e. The Balaban J connectivity index is 2.86. The van der Waals surface area contributed by atoms with Crippen LogP contribution >= 0.6 is 0 Å². The third kappa shape index (κ3) is 4.58. The van der Waals surface area contributed by atoms with E-state index in [0.29, 0.717) is 5.56 Å². The van der Waals surface area contributed by atoms with Gasteiger partial charge in [-0.2, -0.15) is 5.26 Å². The van der Waals surface area contributed by atoms with Crippen molar-refractivity contribution in [3.05, 3.63) is 41.0 Å². The molecular weight excluding hydrogens is 258 g/mol. The fourth-order valence-corrected chi connectivity index (χ4v) is 1.35. The van der Waals surface area contributed by atoms with E-state index in [1.54, 1.807) is 6.07 Å². The molecule has 0 aromatic heterocycles. The molecule has 0 radical (unpaired) electrons. The van der Waals surface area contributed by atoms with Gasteiger partial charge in [0.1, 0.15) is 11.6 Å². The number of rotatable bonds is 5. The standard InChI is InChI=1S/C15H15NO4/c1-10(2)9-20-15(19)13(8-16)7-11-3-5-12(6-4-11)14(17)18/h3-7,10H,9H2,1-2H3,(H,17,18). The van der Waals surface area contributed by atoms with Crippen LogP contribution in [0.3, 0.4) is 0 Å². The highest BCUT2D eigenvalue weighted by atomic mass is 16.5. The van der Waals surface area contributed by atoms with E-state index in [2.05, 4.69) is 0 Å². The Morgan fingerprint density at radius 2 is 1.95 bits per heavy atom. The minimum Gasteiger partial charge on any atom is -0.478 e. The molecule has 1 aromatic carbocycles. The summed E-state index contributed by atoms with van der Waals surface area (Å²) in [5, 5.41) is 17.7. The van der Waals surface area contributed by atoms with E-state index in [1.165, 1.54) is 30.3 Å². The second-order valence-electron chi connectivity index (χ2n) is 4.59. The van der Waals surface area contributed by atoms with Crippen molar-refractivity contribution in [2.75, 3.05) is 6.61 Å². The first kappa shape index (κ1) is 15.4. The number of carboxylic acid groups (broad SMARTS) is 1. The average Bonchev–Trinajstić information content (AvgIpc) is 2.42. The van der Waals surface area contributed by atoms with Gasteiger partial charge in [-0.3, -0.25) is 0 Å². The van der Waals surface area contributed by atoms with Crippen LogP contribution in [0.1, 0.15) is 29.8 Å². The Morgan fingerprint density at radius 3 is 2.40 bits per heavy atom. The molecule has 0 bridgehead atoms. The van der Waals surface area contributed by atoms with Crippen molar-refractivity contribution in [3.63, 3.8) is 0 Å². The third-order valence-corrected chi connectivity index (χ3v) is 2.36. The molecule has 1 rings (SSSR count). The molecule has 0 aliphatic heterocycles. The summed E-state index contributed by atoms with van der Waals surface area (Å²) in [4.78, 5) is 22.4. The Kier molecular flexibility index (Phi) is 5.48. The number of esters is 1. The van der Waals surface area contributed by atoms with Gasteiger partial charge in [-0.05, 0) is 29.7 Å². The van der Waals surface area contributed by atoms with Crippen LogP contribution in [0, 0.1) is 17.2 Å². The Morgan fingerprint density at radius 1 is 1.35 bits per heavy atom. The van der Waals surface area contributed by atoms with Crippen LogP contribution in [0.4, 0.5) is 0 Å². The molecule has 104 valence electrons. The van der Waals surface area contributed by atoms with Crippen LogP contribution in [0.15, 0.2) is 29.8 Å². The summed E-state index contributed by atoms with van der Waals surface area (Å²) in [5.74, 6) is -1.52. The monoisotopic (exact) mass is 273 g/mol. The van der Waals surface area contributed by atoms with Gasteiger partial charge in [0.2, 0.25) is 0 Å². The van der Waals surface area contributed by atoms with Gasteiger partial charge in [-0.15, -0.1) is 0 Å². The average molecular weight is 273 g/mol. The topological polar surface area (TPSA) is 87.4 Å². The molecule has 1 N–H and O–H groups in total. The first-order valence-electron chi connectivity index (χ1n) is 6.06. The predicted octanol–water partition coefficient (Wildman–Crippen LogP) is 2.49. The van der Waals surface area contributed by atoms with Crippen LogP contribution in [-0.2, 0) is 9.53 Å². The molecule has 5 nitrogen and oxygen atoms in total. The minimum absolute atomic E-state index is 0.117. The molecule has 0 spiro atoms. The number of carbonyl (C=O) groups is 2. The molecule has 0 unspecified atom stereocenters. The number of hydrogen-bond acceptors (Lipinski definition) is 4. The van der Waals surface area contributed by atoms with Gasteiger partial charge in [-0.25, -0.2) is 9.59 Å². The Hall–Kier alpha value is -2.61. The number of hydrogen-bond donors (Lipinski definition) is 1. The van der Waals surface area contributed by atoms with Crippen LogP contribution in [-0.4, -0.2) is 23.7 Å². The lowest BCUT2D eigenvalue weighted by Crippen LogP contribution is -2.11. The van der Waals surface area contributed by atoms with E-state index >= 15 is 0 Å². The predicted molar refractivity (Wildman–Crippen MR) is 72.8 cm³/mol. The first-order chi connectivity index (χ1) is 9.43. The van der Waals surface area contributed by atoms with E-state index in [0.717, 1.165) is 0 Å². The van der Waals surface area contributed by atoms with Crippen molar-refractivity contribution in [2.45, 2.75) is 13.8 Å². The van der Waals surface area contributed by atoms with E-state index in [9.17, 15) is 9.59 Å². The van der Waals surface area contributed by atoms with Gasteiger partial charge in [0, 0.05) is 0 Å². The van der Waals surface area contributed by atoms with Crippen LogP contribution in [0.2, 0.25) is 0 Å². The molecule has 0 amide bonds.